The molecule has 1 aliphatic rings. The van der Waals surface area contributed by atoms with E-state index in [4.69, 9.17) is 9.47 Å². The monoisotopic (exact) mass is 307 g/mol. The third-order valence-electron chi connectivity index (χ3n) is 3.52. The van der Waals surface area contributed by atoms with Gasteiger partial charge in [-0.15, -0.1) is 0 Å². The van der Waals surface area contributed by atoms with Crippen LogP contribution in [0.3, 0.4) is 0 Å². The number of hydrogen-bond acceptors (Lipinski definition) is 4. The largest absolute Gasteiger partial charge is 0.449 e. The number of benzene rings is 1. The van der Waals surface area contributed by atoms with Crippen LogP contribution in [0, 0.1) is 0 Å². The van der Waals surface area contributed by atoms with Gasteiger partial charge in [0, 0.05) is 38.7 Å². The molecule has 22 heavy (non-hydrogen) atoms. The van der Waals surface area contributed by atoms with Crippen LogP contribution in [0.2, 0.25) is 0 Å². The number of amides is 2. The number of rotatable bonds is 6. The lowest BCUT2D eigenvalue weighted by atomic mass is 10.3. The van der Waals surface area contributed by atoms with Crippen LogP contribution in [0.15, 0.2) is 18.2 Å². The minimum absolute atomic E-state index is 0.217. The summed E-state index contributed by atoms with van der Waals surface area (Å²) >= 11 is 0. The molecule has 0 fully saturated rings. The Labute approximate surface area is 131 Å². The summed E-state index contributed by atoms with van der Waals surface area (Å²) in [5.41, 5.74) is 0.681. The van der Waals surface area contributed by atoms with E-state index in [0.29, 0.717) is 23.7 Å². The molecule has 122 valence electrons. The summed E-state index contributed by atoms with van der Waals surface area (Å²) < 4.78 is 11.3. The Hall–Kier alpha value is -1.95. The molecule has 1 heterocycles. The van der Waals surface area contributed by atoms with Gasteiger partial charge in [-0.25, -0.2) is 4.79 Å². The van der Waals surface area contributed by atoms with E-state index in [-0.39, 0.29) is 6.03 Å². The standard InChI is InChI=1S/C16H25N3O3/c1-5-19(6-2)10-9-17-15(20)18-12-7-8-13-14(11-12)22-16(3,4)21-13/h7-8,11H,5-6,9-10H2,1-4H3,(H2,17,18,20). The Bertz CT molecular complexity index is 527. The molecule has 0 saturated carbocycles. The second kappa shape index (κ2) is 6.87. The van der Waals surface area contributed by atoms with Crippen molar-refractivity contribution >= 4 is 11.7 Å². The summed E-state index contributed by atoms with van der Waals surface area (Å²) in [6.45, 7) is 11.3. The van der Waals surface area contributed by atoms with Crippen LogP contribution < -0.4 is 20.1 Å². The number of ether oxygens (including phenoxy) is 2. The van der Waals surface area contributed by atoms with Crippen molar-refractivity contribution < 1.29 is 14.3 Å². The van der Waals surface area contributed by atoms with Crippen LogP contribution in [0.4, 0.5) is 10.5 Å². The maximum absolute atomic E-state index is 11.9. The first-order valence-electron chi connectivity index (χ1n) is 7.73. The maximum Gasteiger partial charge on any atom is 0.319 e. The summed E-state index contributed by atoms with van der Waals surface area (Å²) in [7, 11) is 0. The lowest BCUT2D eigenvalue weighted by molar-refractivity contribution is -0.0431. The van der Waals surface area contributed by atoms with Crippen molar-refractivity contribution in [3.63, 3.8) is 0 Å². The van der Waals surface area contributed by atoms with Crippen molar-refractivity contribution in [1.82, 2.24) is 10.2 Å². The quantitative estimate of drug-likeness (QED) is 0.848. The number of anilines is 1. The zero-order valence-electron chi connectivity index (χ0n) is 13.7. The SMILES string of the molecule is CCN(CC)CCNC(=O)Nc1ccc2c(c1)OC(C)(C)O2. The van der Waals surface area contributed by atoms with Gasteiger partial charge in [0.2, 0.25) is 5.79 Å². The highest BCUT2D eigenvalue weighted by molar-refractivity contribution is 5.89. The Morgan fingerprint density at radius 2 is 1.86 bits per heavy atom. The summed E-state index contributed by atoms with van der Waals surface area (Å²) in [6, 6.07) is 5.15. The molecule has 0 spiro atoms. The molecule has 6 heteroatoms. The molecule has 0 bridgehead atoms. The van der Waals surface area contributed by atoms with E-state index in [2.05, 4.69) is 29.4 Å². The first-order chi connectivity index (χ1) is 10.4. The number of carbonyl (C=O) groups excluding carboxylic acids is 1. The number of carbonyl (C=O) groups is 1. The zero-order valence-corrected chi connectivity index (χ0v) is 13.7. The summed E-state index contributed by atoms with van der Waals surface area (Å²) in [4.78, 5) is 14.1. The number of nitrogens with zero attached hydrogens (tertiary/aromatic N) is 1. The van der Waals surface area contributed by atoms with Crippen molar-refractivity contribution in [3.8, 4) is 11.5 Å². The average Bonchev–Trinajstić information content (AvgIpc) is 2.76. The number of fused-ring (bicyclic) bond motifs is 1. The van der Waals surface area contributed by atoms with Gasteiger partial charge in [-0.1, -0.05) is 13.8 Å². The van der Waals surface area contributed by atoms with Gasteiger partial charge in [0.15, 0.2) is 11.5 Å². The van der Waals surface area contributed by atoms with Crippen LogP contribution in [-0.4, -0.2) is 42.9 Å². The first kappa shape index (κ1) is 16.4. The Kier molecular flexibility index (Phi) is 5.13. The van der Waals surface area contributed by atoms with Crippen LogP contribution in [0.5, 0.6) is 11.5 Å². The molecule has 2 rings (SSSR count). The van der Waals surface area contributed by atoms with Crippen LogP contribution in [0.25, 0.3) is 0 Å². The molecule has 1 aliphatic heterocycles. The molecule has 0 unspecified atom stereocenters. The Morgan fingerprint density at radius 1 is 1.18 bits per heavy atom. The zero-order chi connectivity index (χ0) is 16.2. The van der Waals surface area contributed by atoms with Gasteiger partial charge in [0.05, 0.1) is 0 Å². The van der Waals surface area contributed by atoms with Gasteiger partial charge in [0.1, 0.15) is 0 Å². The van der Waals surface area contributed by atoms with Gasteiger partial charge in [0.25, 0.3) is 0 Å². The molecule has 0 aliphatic carbocycles. The van der Waals surface area contributed by atoms with E-state index < -0.39 is 5.79 Å². The molecule has 1 aromatic rings. The van der Waals surface area contributed by atoms with Crippen molar-refractivity contribution in [2.24, 2.45) is 0 Å². The second-order valence-electron chi connectivity index (χ2n) is 5.67. The van der Waals surface area contributed by atoms with Crippen LogP contribution >= 0.6 is 0 Å². The van der Waals surface area contributed by atoms with Crippen LogP contribution in [0.1, 0.15) is 27.7 Å². The second-order valence-corrected chi connectivity index (χ2v) is 5.67. The van der Waals surface area contributed by atoms with Crippen molar-refractivity contribution in [1.29, 1.82) is 0 Å². The highest BCUT2D eigenvalue weighted by atomic mass is 16.7. The molecule has 0 saturated heterocycles. The van der Waals surface area contributed by atoms with E-state index in [1.54, 1.807) is 18.2 Å². The molecule has 6 nitrogen and oxygen atoms in total. The first-order valence-corrected chi connectivity index (χ1v) is 7.73. The lowest BCUT2D eigenvalue weighted by Gasteiger charge is -2.18. The molecular formula is C16H25N3O3. The molecule has 2 amide bonds. The molecule has 1 aromatic carbocycles. The number of hydrogen-bond donors (Lipinski definition) is 2. The minimum Gasteiger partial charge on any atom is -0.449 e. The smallest absolute Gasteiger partial charge is 0.319 e. The summed E-state index contributed by atoms with van der Waals surface area (Å²) in [6.07, 6.45) is 0. The van der Waals surface area contributed by atoms with E-state index in [0.717, 1.165) is 19.6 Å². The number of likely N-dealkylation sites (N-methyl/N-ethyl adjacent to an activating group) is 1. The molecule has 0 atom stereocenters. The molecule has 0 aromatic heterocycles. The normalized spacial score (nSPS) is 15.0. The van der Waals surface area contributed by atoms with Gasteiger partial charge in [-0.3, -0.25) is 0 Å². The molecule has 0 radical (unpaired) electrons. The van der Waals surface area contributed by atoms with E-state index in [9.17, 15) is 4.79 Å². The van der Waals surface area contributed by atoms with Gasteiger partial charge >= 0.3 is 6.03 Å². The lowest BCUT2D eigenvalue weighted by Crippen LogP contribution is -2.36. The van der Waals surface area contributed by atoms with Crippen LogP contribution in [-0.2, 0) is 0 Å². The average molecular weight is 307 g/mol. The van der Waals surface area contributed by atoms with Gasteiger partial charge in [-0.05, 0) is 25.2 Å². The molecular weight excluding hydrogens is 282 g/mol. The fourth-order valence-corrected chi connectivity index (χ4v) is 2.34. The maximum atomic E-state index is 11.9. The fourth-order valence-electron chi connectivity index (χ4n) is 2.34. The fraction of sp³-hybridized carbons (Fsp3) is 0.562. The number of nitrogens with one attached hydrogen (secondary N) is 2. The predicted octanol–water partition coefficient (Wildman–Crippen LogP) is 2.66. The van der Waals surface area contributed by atoms with E-state index >= 15 is 0 Å². The summed E-state index contributed by atoms with van der Waals surface area (Å²) in [5.74, 6) is 0.677. The number of urea groups is 1. The van der Waals surface area contributed by atoms with Gasteiger partial charge < -0.3 is 25.0 Å². The van der Waals surface area contributed by atoms with Gasteiger partial charge in [-0.2, -0.15) is 0 Å². The third kappa shape index (κ3) is 4.27. The third-order valence-corrected chi connectivity index (χ3v) is 3.52. The predicted molar refractivity (Wildman–Crippen MR) is 86.6 cm³/mol. The van der Waals surface area contributed by atoms with Crippen molar-refractivity contribution in [2.75, 3.05) is 31.5 Å². The highest BCUT2D eigenvalue weighted by Crippen LogP contribution is 2.40. The molecule has 2 N–H and O–H groups in total. The van der Waals surface area contributed by atoms with Crippen molar-refractivity contribution in [2.45, 2.75) is 33.5 Å². The topological polar surface area (TPSA) is 62.8 Å². The van der Waals surface area contributed by atoms with E-state index in [1.165, 1.54) is 0 Å². The van der Waals surface area contributed by atoms with Crippen molar-refractivity contribution in [3.05, 3.63) is 18.2 Å². The minimum atomic E-state index is -0.660. The Balaban J connectivity index is 1.83. The highest BCUT2D eigenvalue weighted by Gasteiger charge is 2.31. The van der Waals surface area contributed by atoms with E-state index in [1.807, 2.05) is 13.8 Å². The summed E-state index contributed by atoms with van der Waals surface area (Å²) in [5, 5.41) is 5.66. The Morgan fingerprint density at radius 3 is 2.55 bits per heavy atom.